The van der Waals surface area contributed by atoms with E-state index in [1.54, 1.807) is 17.5 Å². The number of thiazole rings is 1. The van der Waals surface area contributed by atoms with Gasteiger partial charge in [0.15, 0.2) is 30.6 Å². The summed E-state index contributed by atoms with van der Waals surface area (Å²) in [5.41, 5.74) is 4.28. The lowest BCUT2D eigenvalue weighted by Crippen LogP contribution is -2.47. The molecule has 11 nitrogen and oxygen atoms in total. The van der Waals surface area contributed by atoms with Crippen molar-refractivity contribution in [3.8, 4) is 11.5 Å². The molecular weight excluding hydrogens is 691 g/mol. The summed E-state index contributed by atoms with van der Waals surface area (Å²) in [5.74, 6) is 0.714. The van der Waals surface area contributed by atoms with Gasteiger partial charge < -0.3 is 28.7 Å². The lowest BCUT2D eigenvalue weighted by Gasteiger charge is -2.42. The first kappa shape index (κ1) is 36.2. The molecule has 4 aromatic heterocycles. The van der Waals surface area contributed by atoms with Crippen molar-refractivity contribution in [1.82, 2.24) is 19.9 Å². The lowest BCUT2D eigenvalue weighted by molar-refractivity contribution is 0.0316. The van der Waals surface area contributed by atoms with Gasteiger partial charge in [-0.2, -0.15) is 4.98 Å². The number of benzene rings is 1. The Morgan fingerprint density at radius 2 is 1.79 bits per heavy atom. The number of aromatic nitrogens is 4. The number of aryl methyl sites for hydroxylation is 1. The zero-order valence-corrected chi connectivity index (χ0v) is 32.8. The average Bonchev–Trinajstić information content (AvgIpc) is 3.79. The molecule has 0 aliphatic carbocycles. The fraction of sp³-hybridized carbons (Fsp3) is 0.462. The van der Waals surface area contributed by atoms with Crippen LogP contribution < -0.4 is 15.1 Å². The summed E-state index contributed by atoms with van der Waals surface area (Å²) in [6.45, 7) is 17.2. The predicted octanol–water partition coefficient (Wildman–Crippen LogP) is 8.48. The second-order valence-electron chi connectivity index (χ2n) is 15.4. The van der Waals surface area contributed by atoms with Gasteiger partial charge in [0.1, 0.15) is 6.26 Å². The van der Waals surface area contributed by atoms with E-state index < -0.39 is 8.32 Å². The molecule has 0 radical (unpaired) electrons. The molecule has 1 amide bonds. The molecule has 5 aromatic rings. The van der Waals surface area contributed by atoms with Crippen molar-refractivity contribution in [3.63, 3.8) is 0 Å². The van der Waals surface area contributed by atoms with Crippen molar-refractivity contribution in [2.24, 2.45) is 0 Å². The summed E-state index contributed by atoms with van der Waals surface area (Å²) >= 11 is 1.60. The van der Waals surface area contributed by atoms with Gasteiger partial charge in [-0.15, -0.1) is 0 Å². The topological polar surface area (TPSA) is 119 Å². The Bertz CT molecular complexity index is 2000. The van der Waals surface area contributed by atoms with Gasteiger partial charge in [0.25, 0.3) is 5.91 Å². The first-order valence-corrected chi connectivity index (χ1v) is 22.0. The van der Waals surface area contributed by atoms with E-state index in [9.17, 15) is 4.79 Å². The number of nitrogens with one attached hydrogen (secondary N) is 1. The largest absolute Gasteiger partial charge is 0.444 e. The van der Waals surface area contributed by atoms with E-state index in [1.807, 2.05) is 43.3 Å². The predicted molar refractivity (Wildman–Crippen MR) is 210 cm³/mol. The van der Waals surface area contributed by atoms with Gasteiger partial charge in [-0.25, -0.2) is 9.97 Å². The van der Waals surface area contributed by atoms with Gasteiger partial charge >= 0.3 is 0 Å². The molecule has 52 heavy (non-hydrogen) atoms. The Morgan fingerprint density at radius 1 is 1.00 bits per heavy atom. The molecule has 6 heterocycles. The molecule has 1 atom stereocenters. The lowest BCUT2D eigenvalue weighted by atomic mass is 10.1. The molecule has 0 bridgehead atoms. The molecule has 2 aliphatic heterocycles. The van der Waals surface area contributed by atoms with Gasteiger partial charge in [-0.05, 0) is 74.5 Å². The third kappa shape index (κ3) is 8.22. The summed E-state index contributed by atoms with van der Waals surface area (Å²) in [4.78, 5) is 37.2. The molecule has 1 unspecified atom stereocenters. The normalized spacial score (nSPS) is 17.5. The van der Waals surface area contributed by atoms with Gasteiger partial charge in [0.05, 0.1) is 23.1 Å². The Balaban J connectivity index is 1.12. The maximum absolute atomic E-state index is 13.7. The Labute approximate surface area is 310 Å². The molecule has 274 valence electrons. The number of hydrogen-bond donors (Lipinski definition) is 1. The van der Waals surface area contributed by atoms with Crippen LogP contribution in [-0.4, -0.2) is 72.5 Å². The summed E-state index contributed by atoms with van der Waals surface area (Å²) < 4.78 is 19.7. The fourth-order valence-corrected chi connectivity index (χ4v) is 8.91. The molecule has 2 aliphatic rings. The highest BCUT2D eigenvalue weighted by atomic mass is 32.1. The highest BCUT2D eigenvalue weighted by Gasteiger charge is 2.40. The highest BCUT2D eigenvalue weighted by molar-refractivity contribution is 7.22. The third-order valence-corrected chi connectivity index (χ3v) is 16.1. The van der Waals surface area contributed by atoms with Gasteiger partial charge in [-0.3, -0.25) is 9.78 Å². The number of hydrogen-bond acceptors (Lipinski definition) is 11. The van der Waals surface area contributed by atoms with E-state index in [-0.39, 0.29) is 28.8 Å². The minimum atomic E-state index is -1.90. The van der Waals surface area contributed by atoms with Crippen LogP contribution in [0, 0.1) is 6.92 Å². The minimum absolute atomic E-state index is 0.123. The molecule has 1 aromatic carbocycles. The van der Waals surface area contributed by atoms with Crippen LogP contribution in [0.4, 0.5) is 16.6 Å². The van der Waals surface area contributed by atoms with Crippen molar-refractivity contribution < 1.29 is 18.4 Å². The van der Waals surface area contributed by atoms with E-state index in [4.69, 9.17) is 23.5 Å². The first-order chi connectivity index (χ1) is 24.9. The van der Waals surface area contributed by atoms with Crippen LogP contribution in [0.2, 0.25) is 18.1 Å². The van der Waals surface area contributed by atoms with Crippen molar-refractivity contribution in [2.75, 3.05) is 41.3 Å². The number of nitrogens with zero attached hydrogens (tertiary/aromatic N) is 6. The van der Waals surface area contributed by atoms with Crippen LogP contribution in [-0.2, 0) is 15.8 Å². The van der Waals surface area contributed by atoms with E-state index in [0.717, 1.165) is 73.0 Å². The molecule has 13 heteroatoms. The number of piperidine rings is 2. The van der Waals surface area contributed by atoms with Crippen molar-refractivity contribution in [2.45, 2.75) is 90.3 Å². The number of rotatable bonds is 10. The average molecular weight is 740 g/mol. The van der Waals surface area contributed by atoms with E-state index in [0.29, 0.717) is 29.7 Å². The number of pyridine rings is 2. The zero-order valence-electron chi connectivity index (χ0n) is 31.0. The summed E-state index contributed by atoms with van der Waals surface area (Å²) in [6, 6.07) is 16.0. The number of oxazole rings is 1. The standard InChI is InChI=1S/C39H49N7O4SSi/c1-26-21-28(14-17-40-26)37-42-32(25-49-37)36(47)41-31-22-33-34(43-35(31)45-19-15-29(16-20-45)50-52(5,6)39(2,3)4)44-38(51-33)46-18-10-13-30(23-46)48-24-27-11-8-7-9-12-27/h7-9,11-12,14,17,21-22,25,29-30H,10,13,15-16,18-20,23-24H2,1-6H3,(H,41,47). The quantitative estimate of drug-likeness (QED) is 0.140. The number of carbonyl (C=O) groups is 1. The zero-order chi connectivity index (χ0) is 36.5. The summed E-state index contributed by atoms with van der Waals surface area (Å²) in [6.07, 6.45) is 7.24. The van der Waals surface area contributed by atoms with Gasteiger partial charge in [0.2, 0.25) is 5.89 Å². The van der Waals surface area contributed by atoms with E-state index >= 15 is 0 Å². The maximum Gasteiger partial charge on any atom is 0.277 e. The number of carbonyl (C=O) groups excluding carboxylic acids is 1. The maximum atomic E-state index is 13.7. The van der Waals surface area contributed by atoms with E-state index in [2.05, 4.69) is 71.1 Å². The Hall–Kier alpha value is -4.17. The van der Waals surface area contributed by atoms with Crippen LogP contribution >= 0.6 is 11.3 Å². The molecule has 2 saturated heterocycles. The van der Waals surface area contributed by atoms with Crippen LogP contribution in [0.3, 0.4) is 0 Å². The minimum Gasteiger partial charge on any atom is -0.444 e. The Kier molecular flexibility index (Phi) is 10.5. The van der Waals surface area contributed by atoms with Crippen LogP contribution in [0.25, 0.3) is 21.8 Å². The molecule has 1 N–H and O–H groups in total. The second kappa shape index (κ2) is 15.1. The number of anilines is 3. The number of amides is 1. The molecule has 7 rings (SSSR count). The SMILES string of the molecule is Cc1cc(-c2nc(C(=O)Nc3cc4sc(N5CCCC(OCc6ccccc6)C5)nc4nc3N3CCC(O[Si](C)(C)C(C)(C)C)CC3)co2)ccn1. The monoisotopic (exact) mass is 739 g/mol. The van der Waals surface area contributed by atoms with Gasteiger partial charge in [0, 0.05) is 49.7 Å². The van der Waals surface area contributed by atoms with Crippen LogP contribution in [0.5, 0.6) is 0 Å². The summed E-state index contributed by atoms with van der Waals surface area (Å²) in [7, 11) is -1.90. The molecule has 0 spiro atoms. The summed E-state index contributed by atoms with van der Waals surface area (Å²) in [5, 5.41) is 4.20. The first-order valence-electron chi connectivity index (χ1n) is 18.3. The highest BCUT2D eigenvalue weighted by Crippen LogP contribution is 2.40. The molecule has 2 fully saturated rings. The smallest absolute Gasteiger partial charge is 0.277 e. The fourth-order valence-electron chi connectivity index (χ4n) is 6.50. The number of fused-ring (bicyclic) bond motifs is 1. The van der Waals surface area contributed by atoms with Crippen molar-refractivity contribution in [3.05, 3.63) is 77.9 Å². The molecular formula is C39H49N7O4SSi. The second-order valence-corrected chi connectivity index (χ2v) is 21.2. The van der Waals surface area contributed by atoms with E-state index in [1.165, 1.54) is 11.8 Å². The Morgan fingerprint density at radius 3 is 2.54 bits per heavy atom. The molecule has 0 saturated carbocycles. The van der Waals surface area contributed by atoms with Crippen molar-refractivity contribution in [1.29, 1.82) is 0 Å². The van der Waals surface area contributed by atoms with Crippen LogP contribution in [0.15, 0.2) is 65.4 Å². The van der Waals surface area contributed by atoms with Crippen LogP contribution in [0.1, 0.15) is 68.2 Å². The number of ether oxygens (including phenoxy) is 1. The third-order valence-electron chi connectivity index (χ3n) is 10.5. The van der Waals surface area contributed by atoms with Crippen molar-refractivity contribution >= 4 is 52.5 Å². The van der Waals surface area contributed by atoms with Gasteiger partial charge in [-0.1, -0.05) is 62.4 Å².